The fraction of sp³-hybridized carbons (Fsp3) is 0.214. The molecule has 3 N–H and O–H groups in total. The third kappa shape index (κ3) is 1.91. The van der Waals surface area contributed by atoms with Crippen molar-refractivity contribution in [2.45, 2.75) is 18.8 Å². The maximum Gasteiger partial charge on any atom is 0.314 e. The van der Waals surface area contributed by atoms with Crippen LogP contribution in [0.5, 0.6) is 0 Å². The highest BCUT2D eigenvalue weighted by Crippen LogP contribution is 2.48. The normalized spacial score (nSPS) is 19.1. The fourth-order valence-corrected chi connectivity index (χ4v) is 3.08. The molecule has 1 atom stereocenters. The van der Waals surface area contributed by atoms with Crippen LogP contribution in [0.15, 0.2) is 27.8 Å². The van der Waals surface area contributed by atoms with Crippen molar-refractivity contribution in [2.75, 3.05) is 0 Å². The number of aromatic nitrogens is 2. The van der Waals surface area contributed by atoms with Gasteiger partial charge in [0.1, 0.15) is 0 Å². The van der Waals surface area contributed by atoms with E-state index in [1.165, 1.54) is 0 Å². The molecule has 1 aliphatic carbocycles. The predicted octanol–water partition coefficient (Wildman–Crippen LogP) is 1.48. The van der Waals surface area contributed by atoms with Crippen molar-refractivity contribution in [3.63, 3.8) is 0 Å². The molecule has 0 saturated carbocycles. The molecule has 0 spiro atoms. The number of nitrogens with one attached hydrogen (secondary N) is 2. The molecule has 21 heavy (non-hydrogen) atoms. The molecule has 1 heterocycles. The monoisotopic (exact) mass is 306 g/mol. The Morgan fingerprint density at radius 3 is 2.62 bits per heavy atom. The molecule has 1 aromatic heterocycles. The molecule has 0 radical (unpaired) electrons. The molecule has 2 aromatic rings. The molecule has 108 valence electrons. The molecule has 0 fully saturated rings. The minimum Gasteiger partial charge on any atom is -0.481 e. The molecule has 7 heteroatoms. The number of aliphatic carboxylic acids is 1. The Labute approximate surface area is 123 Å². The predicted molar refractivity (Wildman–Crippen MR) is 76.8 cm³/mol. The van der Waals surface area contributed by atoms with E-state index in [0.29, 0.717) is 27.5 Å². The fourth-order valence-electron chi connectivity index (χ4n) is 2.91. The molecular weight excluding hydrogens is 296 g/mol. The standard InChI is InChI=1S/C14H11ClN2O4/c1-14(5-9(18)19)8-3-2-6(15)4-7(8)10-11(14)17-13(21)12(20)16-10/h2-4H,5H2,1H3,(H,16,20)(H,17,21)(H,18,19)/t14-/m0/s1. The van der Waals surface area contributed by atoms with Gasteiger partial charge in [0.25, 0.3) is 0 Å². The summed E-state index contributed by atoms with van der Waals surface area (Å²) in [6.45, 7) is 1.72. The van der Waals surface area contributed by atoms with Crippen LogP contribution in [0.1, 0.15) is 24.6 Å². The summed E-state index contributed by atoms with van der Waals surface area (Å²) in [7, 11) is 0. The van der Waals surface area contributed by atoms with Crippen LogP contribution in [0.3, 0.4) is 0 Å². The maximum absolute atomic E-state index is 11.6. The van der Waals surface area contributed by atoms with E-state index < -0.39 is 22.5 Å². The number of rotatable bonds is 2. The molecular formula is C14H11ClN2O4. The van der Waals surface area contributed by atoms with Gasteiger partial charge in [0.2, 0.25) is 0 Å². The maximum atomic E-state index is 11.6. The zero-order chi connectivity index (χ0) is 15.4. The topological polar surface area (TPSA) is 103 Å². The van der Waals surface area contributed by atoms with Crippen molar-refractivity contribution in [3.8, 4) is 11.3 Å². The van der Waals surface area contributed by atoms with Gasteiger partial charge >= 0.3 is 17.1 Å². The average Bonchev–Trinajstić information content (AvgIpc) is 2.60. The van der Waals surface area contributed by atoms with Gasteiger partial charge in [0.15, 0.2) is 0 Å². The Bertz CT molecular complexity index is 883. The largest absolute Gasteiger partial charge is 0.481 e. The minimum absolute atomic E-state index is 0.212. The van der Waals surface area contributed by atoms with Crippen molar-refractivity contribution < 1.29 is 9.90 Å². The van der Waals surface area contributed by atoms with Crippen LogP contribution in [0.4, 0.5) is 0 Å². The van der Waals surface area contributed by atoms with Gasteiger partial charge in [0, 0.05) is 16.0 Å². The van der Waals surface area contributed by atoms with Gasteiger partial charge in [-0.1, -0.05) is 17.7 Å². The number of fused-ring (bicyclic) bond motifs is 3. The Kier molecular flexibility index (Phi) is 2.81. The van der Waals surface area contributed by atoms with Gasteiger partial charge in [-0.2, -0.15) is 0 Å². The zero-order valence-electron chi connectivity index (χ0n) is 11.0. The smallest absolute Gasteiger partial charge is 0.314 e. The van der Waals surface area contributed by atoms with Crippen LogP contribution >= 0.6 is 11.6 Å². The molecule has 0 saturated heterocycles. The van der Waals surface area contributed by atoms with Gasteiger partial charge in [-0.15, -0.1) is 0 Å². The van der Waals surface area contributed by atoms with E-state index in [-0.39, 0.29) is 6.42 Å². The summed E-state index contributed by atoms with van der Waals surface area (Å²) in [4.78, 5) is 39.4. The Hall–Kier alpha value is -2.34. The van der Waals surface area contributed by atoms with Crippen molar-refractivity contribution >= 4 is 17.6 Å². The van der Waals surface area contributed by atoms with Crippen molar-refractivity contribution in [1.82, 2.24) is 9.97 Å². The van der Waals surface area contributed by atoms with Gasteiger partial charge in [-0.3, -0.25) is 14.4 Å². The molecule has 1 aromatic carbocycles. The Morgan fingerprint density at radius 1 is 1.29 bits per heavy atom. The lowest BCUT2D eigenvalue weighted by atomic mass is 9.80. The summed E-state index contributed by atoms with van der Waals surface area (Å²) < 4.78 is 0. The third-order valence-electron chi connectivity index (χ3n) is 3.84. The first-order valence-electron chi connectivity index (χ1n) is 6.22. The van der Waals surface area contributed by atoms with Crippen LogP contribution < -0.4 is 11.1 Å². The average molecular weight is 307 g/mol. The summed E-state index contributed by atoms with van der Waals surface area (Å²) in [6, 6.07) is 5.02. The second-order valence-electron chi connectivity index (χ2n) is 5.25. The van der Waals surface area contributed by atoms with Crippen LogP contribution in [0, 0.1) is 0 Å². The first kappa shape index (κ1) is 13.6. The Balaban J connectivity index is 2.40. The highest BCUT2D eigenvalue weighted by atomic mass is 35.5. The summed E-state index contributed by atoms with van der Waals surface area (Å²) in [5, 5.41) is 9.64. The van der Waals surface area contributed by atoms with E-state index in [4.69, 9.17) is 11.6 Å². The van der Waals surface area contributed by atoms with E-state index in [9.17, 15) is 19.5 Å². The van der Waals surface area contributed by atoms with Crippen molar-refractivity contribution in [3.05, 3.63) is 55.2 Å². The zero-order valence-corrected chi connectivity index (χ0v) is 11.7. The Morgan fingerprint density at radius 2 is 1.95 bits per heavy atom. The van der Waals surface area contributed by atoms with Gasteiger partial charge < -0.3 is 15.1 Å². The van der Waals surface area contributed by atoms with E-state index in [1.54, 1.807) is 25.1 Å². The van der Waals surface area contributed by atoms with Crippen molar-refractivity contribution in [2.24, 2.45) is 0 Å². The van der Waals surface area contributed by atoms with E-state index in [1.807, 2.05) is 0 Å². The second-order valence-corrected chi connectivity index (χ2v) is 5.69. The first-order valence-corrected chi connectivity index (χ1v) is 6.60. The second kappa shape index (κ2) is 4.33. The molecule has 0 unspecified atom stereocenters. The van der Waals surface area contributed by atoms with Crippen molar-refractivity contribution in [1.29, 1.82) is 0 Å². The molecule has 0 bridgehead atoms. The molecule has 1 aliphatic rings. The number of carbonyl (C=O) groups is 1. The highest BCUT2D eigenvalue weighted by Gasteiger charge is 2.43. The lowest BCUT2D eigenvalue weighted by molar-refractivity contribution is -0.138. The number of carboxylic acids is 1. The molecule has 6 nitrogen and oxygen atoms in total. The number of H-pyrrole nitrogens is 2. The quantitative estimate of drug-likeness (QED) is 0.731. The highest BCUT2D eigenvalue weighted by molar-refractivity contribution is 6.31. The SMILES string of the molecule is C[C@]1(CC(=O)O)c2ccc(Cl)cc2-c2[nH]c(=O)c(=O)[nH]c21. The third-order valence-corrected chi connectivity index (χ3v) is 4.07. The summed E-state index contributed by atoms with van der Waals surface area (Å²) >= 11 is 5.98. The molecule has 0 aliphatic heterocycles. The van der Waals surface area contributed by atoms with Crippen LogP contribution in [0.25, 0.3) is 11.3 Å². The number of halogens is 1. The number of benzene rings is 1. The number of carboxylic acid groups (broad SMARTS) is 1. The lowest BCUT2D eigenvalue weighted by Gasteiger charge is -2.24. The summed E-state index contributed by atoms with van der Waals surface area (Å²) in [5.74, 6) is -1.00. The first-order chi connectivity index (χ1) is 9.83. The van der Waals surface area contributed by atoms with Crippen LogP contribution in [-0.4, -0.2) is 21.0 Å². The van der Waals surface area contributed by atoms with Gasteiger partial charge in [0.05, 0.1) is 17.8 Å². The van der Waals surface area contributed by atoms with E-state index in [0.717, 1.165) is 0 Å². The number of hydrogen-bond donors (Lipinski definition) is 3. The van der Waals surface area contributed by atoms with Gasteiger partial charge in [-0.05, 0) is 24.6 Å². The van der Waals surface area contributed by atoms with Gasteiger partial charge in [-0.25, -0.2) is 0 Å². The van der Waals surface area contributed by atoms with E-state index >= 15 is 0 Å². The molecule has 0 amide bonds. The van der Waals surface area contributed by atoms with E-state index in [2.05, 4.69) is 9.97 Å². The van der Waals surface area contributed by atoms with Crippen LogP contribution in [0.2, 0.25) is 5.02 Å². The minimum atomic E-state index is -1.00. The lowest BCUT2D eigenvalue weighted by Crippen LogP contribution is -2.34. The molecule has 3 rings (SSSR count). The number of hydrogen-bond acceptors (Lipinski definition) is 3. The number of aromatic amines is 2. The summed E-state index contributed by atoms with van der Waals surface area (Å²) in [6.07, 6.45) is -0.212. The van der Waals surface area contributed by atoms with Crippen LogP contribution in [-0.2, 0) is 10.2 Å². The summed E-state index contributed by atoms with van der Waals surface area (Å²) in [5.41, 5.74) is -0.350.